The van der Waals surface area contributed by atoms with Gasteiger partial charge in [0, 0.05) is 19.3 Å². The number of halogens is 2. The molecule has 1 N–H and O–H groups in total. The lowest BCUT2D eigenvalue weighted by Crippen LogP contribution is -2.48. The van der Waals surface area contributed by atoms with Crippen LogP contribution in [0.3, 0.4) is 0 Å². The molecule has 0 heterocycles. The summed E-state index contributed by atoms with van der Waals surface area (Å²) in [4.78, 5) is 27.0. The SMILES string of the molecule is CC[C@H](C(=O)NC)N(Cc1ccc(Cl)c(Cl)c1)C(=O)CSCc1cccc(C)c1. The fraction of sp³-hybridized carbons (Fsp3) is 0.364. The number of nitrogens with zero attached hydrogens (tertiary/aromatic N) is 1. The van der Waals surface area contributed by atoms with Gasteiger partial charge >= 0.3 is 0 Å². The summed E-state index contributed by atoms with van der Waals surface area (Å²) in [5.74, 6) is 0.780. The smallest absolute Gasteiger partial charge is 0.242 e. The monoisotopic (exact) mass is 452 g/mol. The highest BCUT2D eigenvalue weighted by Crippen LogP contribution is 2.24. The van der Waals surface area contributed by atoms with Crippen molar-refractivity contribution < 1.29 is 9.59 Å². The molecule has 2 aromatic rings. The van der Waals surface area contributed by atoms with Gasteiger partial charge in [-0.25, -0.2) is 0 Å². The molecule has 0 aromatic heterocycles. The first-order valence-corrected chi connectivity index (χ1v) is 11.3. The van der Waals surface area contributed by atoms with Gasteiger partial charge in [0.05, 0.1) is 15.8 Å². The van der Waals surface area contributed by atoms with Crippen LogP contribution in [0.1, 0.15) is 30.0 Å². The maximum Gasteiger partial charge on any atom is 0.242 e. The first-order chi connectivity index (χ1) is 13.8. The zero-order chi connectivity index (χ0) is 21.4. The van der Waals surface area contributed by atoms with Crippen molar-refractivity contribution in [3.8, 4) is 0 Å². The van der Waals surface area contributed by atoms with Crippen molar-refractivity contribution in [2.24, 2.45) is 0 Å². The van der Waals surface area contributed by atoms with Gasteiger partial charge in [0.2, 0.25) is 11.8 Å². The van der Waals surface area contributed by atoms with E-state index < -0.39 is 6.04 Å². The molecule has 4 nitrogen and oxygen atoms in total. The van der Waals surface area contributed by atoms with E-state index >= 15 is 0 Å². The minimum absolute atomic E-state index is 0.0795. The van der Waals surface area contributed by atoms with Crippen molar-refractivity contribution in [1.82, 2.24) is 10.2 Å². The fourth-order valence-electron chi connectivity index (χ4n) is 3.06. The Kier molecular flexibility index (Phi) is 9.34. The number of carbonyl (C=O) groups excluding carboxylic acids is 2. The highest BCUT2D eigenvalue weighted by molar-refractivity contribution is 7.99. The summed E-state index contributed by atoms with van der Waals surface area (Å²) in [6.45, 7) is 4.25. The van der Waals surface area contributed by atoms with Gasteiger partial charge < -0.3 is 10.2 Å². The highest BCUT2D eigenvalue weighted by Gasteiger charge is 2.28. The lowest BCUT2D eigenvalue weighted by atomic mass is 10.1. The van der Waals surface area contributed by atoms with Crippen LogP contribution in [0.2, 0.25) is 10.0 Å². The van der Waals surface area contributed by atoms with E-state index in [2.05, 4.69) is 17.4 Å². The van der Waals surface area contributed by atoms with E-state index in [4.69, 9.17) is 23.2 Å². The lowest BCUT2D eigenvalue weighted by Gasteiger charge is -2.30. The van der Waals surface area contributed by atoms with Gasteiger partial charge in [-0.3, -0.25) is 9.59 Å². The van der Waals surface area contributed by atoms with Gasteiger partial charge in [0.1, 0.15) is 6.04 Å². The Morgan fingerprint density at radius 2 is 1.86 bits per heavy atom. The van der Waals surface area contributed by atoms with Crippen LogP contribution in [0, 0.1) is 6.92 Å². The Morgan fingerprint density at radius 3 is 2.48 bits per heavy atom. The van der Waals surface area contributed by atoms with Gasteiger partial charge in [-0.2, -0.15) is 0 Å². The first-order valence-electron chi connectivity index (χ1n) is 9.44. The predicted molar refractivity (Wildman–Crippen MR) is 122 cm³/mol. The standard InChI is InChI=1S/C22H26Cl2N2O2S/c1-4-20(22(28)25-3)26(12-16-8-9-18(23)19(24)11-16)21(27)14-29-13-17-7-5-6-15(2)10-17/h5-11,20H,4,12-14H2,1-3H3,(H,25,28)/t20-/m1/s1. The normalized spacial score (nSPS) is 11.8. The second kappa shape index (κ2) is 11.5. The van der Waals surface area contributed by atoms with Crippen LogP contribution in [0.25, 0.3) is 0 Å². The molecular formula is C22H26Cl2N2O2S. The van der Waals surface area contributed by atoms with Gasteiger partial charge in [-0.05, 0) is 36.6 Å². The molecule has 0 unspecified atom stereocenters. The molecule has 0 fully saturated rings. The second-order valence-electron chi connectivity index (χ2n) is 6.79. The number of amides is 2. The molecule has 2 amide bonds. The molecule has 0 aliphatic carbocycles. The van der Waals surface area contributed by atoms with Crippen molar-refractivity contribution in [3.05, 3.63) is 69.2 Å². The molecular weight excluding hydrogens is 427 g/mol. The number of benzene rings is 2. The summed E-state index contributed by atoms with van der Waals surface area (Å²) in [6.07, 6.45) is 0.523. The van der Waals surface area contributed by atoms with Crippen LogP contribution < -0.4 is 5.32 Å². The van der Waals surface area contributed by atoms with Crippen molar-refractivity contribution in [3.63, 3.8) is 0 Å². The highest BCUT2D eigenvalue weighted by atomic mass is 35.5. The zero-order valence-electron chi connectivity index (χ0n) is 16.9. The van der Waals surface area contributed by atoms with E-state index in [9.17, 15) is 9.59 Å². The van der Waals surface area contributed by atoms with Gasteiger partial charge in [0.25, 0.3) is 0 Å². The molecule has 0 bridgehead atoms. The van der Waals surface area contributed by atoms with E-state index in [1.165, 1.54) is 11.1 Å². The van der Waals surface area contributed by atoms with Crippen LogP contribution in [-0.4, -0.2) is 35.6 Å². The third kappa shape index (κ3) is 6.95. The summed E-state index contributed by atoms with van der Waals surface area (Å²) >= 11 is 13.7. The van der Waals surface area contributed by atoms with Gasteiger partial charge in [-0.15, -0.1) is 11.8 Å². The van der Waals surface area contributed by atoms with Crippen LogP contribution in [-0.2, 0) is 21.9 Å². The molecule has 1 atom stereocenters. The Labute approximate surface area is 187 Å². The Balaban J connectivity index is 2.13. The molecule has 0 radical (unpaired) electrons. The number of carbonyl (C=O) groups is 2. The van der Waals surface area contributed by atoms with E-state index in [0.717, 1.165) is 11.3 Å². The summed E-state index contributed by atoms with van der Waals surface area (Å²) < 4.78 is 0. The topological polar surface area (TPSA) is 49.4 Å². The summed E-state index contributed by atoms with van der Waals surface area (Å²) in [5, 5.41) is 3.55. The van der Waals surface area contributed by atoms with Gasteiger partial charge in [0.15, 0.2) is 0 Å². The third-order valence-electron chi connectivity index (χ3n) is 4.55. The number of thioether (sulfide) groups is 1. The number of aryl methyl sites for hydroxylation is 1. The van der Waals surface area contributed by atoms with Gasteiger partial charge in [-0.1, -0.05) is 66.0 Å². The first kappa shape index (κ1) is 23.6. The molecule has 0 saturated carbocycles. The number of rotatable bonds is 9. The predicted octanol–water partition coefficient (Wildman–Crippen LogP) is 5.09. The maximum absolute atomic E-state index is 13.0. The summed E-state index contributed by atoms with van der Waals surface area (Å²) in [5.41, 5.74) is 3.21. The molecule has 0 aliphatic rings. The average molecular weight is 453 g/mol. The van der Waals surface area contributed by atoms with Crippen LogP contribution in [0.15, 0.2) is 42.5 Å². The summed E-state index contributed by atoms with van der Waals surface area (Å²) in [6, 6.07) is 13.0. The molecule has 2 aromatic carbocycles. The quantitative estimate of drug-likeness (QED) is 0.576. The zero-order valence-corrected chi connectivity index (χ0v) is 19.2. The number of hydrogen-bond donors (Lipinski definition) is 1. The molecule has 7 heteroatoms. The Hall–Kier alpha value is -1.69. The maximum atomic E-state index is 13.0. The minimum atomic E-state index is -0.540. The molecule has 0 aliphatic heterocycles. The van der Waals surface area contributed by atoms with E-state index in [0.29, 0.717) is 28.8 Å². The fourth-order valence-corrected chi connectivity index (χ4v) is 4.24. The number of nitrogens with one attached hydrogen (secondary N) is 1. The molecule has 0 spiro atoms. The van der Waals surface area contributed by atoms with Crippen LogP contribution in [0.5, 0.6) is 0 Å². The molecule has 2 rings (SSSR count). The number of likely N-dealkylation sites (N-methyl/N-ethyl adjacent to an activating group) is 1. The van der Waals surface area contributed by atoms with Crippen molar-refractivity contribution in [1.29, 1.82) is 0 Å². The summed E-state index contributed by atoms with van der Waals surface area (Å²) in [7, 11) is 1.58. The number of hydrogen-bond acceptors (Lipinski definition) is 3. The molecule has 29 heavy (non-hydrogen) atoms. The molecule has 156 valence electrons. The third-order valence-corrected chi connectivity index (χ3v) is 6.27. The van der Waals surface area contributed by atoms with E-state index in [1.807, 2.05) is 32.0 Å². The largest absolute Gasteiger partial charge is 0.357 e. The van der Waals surface area contributed by atoms with Crippen molar-refractivity contribution in [2.45, 2.75) is 38.6 Å². The van der Waals surface area contributed by atoms with E-state index in [-0.39, 0.29) is 11.8 Å². The van der Waals surface area contributed by atoms with Crippen molar-refractivity contribution >= 4 is 46.8 Å². The van der Waals surface area contributed by atoms with Crippen molar-refractivity contribution in [2.75, 3.05) is 12.8 Å². The van der Waals surface area contributed by atoms with E-state index in [1.54, 1.807) is 35.8 Å². The molecule has 0 saturated heterocycles. The lowest BCUT2D eigenvalue weighted by molar-refractivity contribution is -0.139. The van der Waals surface area contributed by atoms with Crippen LogP contribution in [0.4, 0.5) is 0 Å². The Morgan fingerprint density at radius 1 is 1.10 bits per heavy atom. The van der Waals surface area contributed by atoms with Crippen LogP contribution >= 0.6 is 35.0 Å². The average Bonchev–Trinajstić information content (AvgIpc) is 2.70. The Bertz CT molecular complexity index is 860. The minimum Gasteiger partial charge on any atom is -0.357 e. The second-order valence-corrected chi connectivity index (χ2v) is 8.59.